The van der Waals surface area contributed by atoms with Crippen LogP contribution in [0.3, 0.4) is 0 Å². The maximum atomic E-state index is 12.6. The molecule has 0 bridgehead atoms. The van der Waals surface area contributed by atoms with E-state index in [0.29, 0.717) is 34.1 Å². The Balaban J connectivity index is 0.00000182. The van der Waals surface area contributed by atoms with Gasteiger partial charge in [0.2, 0.25) is 5.91 Å². The van der Waals surface area contributed by atoms with E-state index in [9.17, 15) is 9.59 Å². The van der Waals surface area contributed by atoms with Gasteiger partial charge in [0.05, 0.1) is 22.4 Å². The minimum Gasteiger partial charge on any atom is -0.482 e. The van der Waals surface area contributed by atoms with Crippen molar-refractivity contribution in [1.29, 1.82) is 0 Å². The Labute approximate surface area is 157 Å². The number of halogens is 2. The summed E-state index contributed by atoms with van der Waals surface area (Å²) in [6, 6.07) is 3.56. The molecule has 2 amide bonds. The fourth-order valence-corrected chi connectivity index (χ4v) is 4.15. The molecule has 3 aliphatic rings. The molecule has 6 nitrogen and oxygen atoms in total. The molecule has 1 aliphatic carbocycles. The fourth-order valence-electron chi connectivity index (χ4n) is 3.94. The van der Waals surface area contributed by atoms with E-state index in [1.54, 1.807) is 12.1 Å². The SMILES string of the molecule is Cl.O=C1COc2cc(NC(=O)C3CC4CCCCC4N3)c(Cl)cc2N1. The average molecular weight is 386 g/mol. The van der Waals surface area contributed by atoms with Gasteiger partial charge in [-0.2, -0.15) is 0 Å². The number of ether oxygens (including phenoxy) is 1. The summed E-state index contributed by atoms with van der Waals surface area (Å²) in [6.07, 6.45) is 5.74. The molecule has 1 saturated carbocycles. The highest BCUT2D eigenvalue weighted by molar-refractivity contribution is 6.34. The number of nitrogens with one attached hydrogen (secondary N) is 3. The molecule has 2 heterocycles. The number of rotatable bonds is 2. The molecule has 3 N–H and O–H groups in total. The molecule has 25 heavy (non-hydrogen) atoms. The van der Waals surface area contributed by atoms with Gasteiger partial charge in [0.15, 0.2) is 6.61 Å². The largest absolute Gasteiger partial charge is 0.482 e. The van der Waals surface area contributed by atoms with Crippen molar-refractivity contribution in [2.75, 3.05) is 17.2 Å². The average Bonchev–Trinajstić information content (AvgIpc) is 3.00. The lowest BCUT2D eigenvalue weighted by atomic mass is 9.85. The van der Waals surface area contributed by atoms with Gasteiger partial charge < -0.3 is 20.7 Å². The first kappa shape index (κ1) is 18.3. The first-order chi connectivity index (χ1) is 11.6. The molecule has 1 aromatic carbocycles. The zero-order valence-corrected chi connectivity index (χ0v) is 15.2. The maximum Gasteiger partial charge on any atom is 0.262 e. The molecule has 3 atom stereocenters. The Morgan fingerprint density at radius 2 is 2.08 bits per heavy atom. The number of hydrogen-bond acceptors (Lipinski definition) is 4. The predicted octanol–water partition coefficient (Wildman–Crippen LogP) is 2.95. The molecule has 2 fully saturated rings. The van der Waals surface area contributed by atoms with Crippen molar-refractivity contribution in [3.63, 3.8) is 0 Å². The Morgan fingerprint density at radius 3 is 2.88 bits per heavy atom. The van der Waals surface area contributed by atoms with Crippen LogP contribution >= 0.6 is 24.0 Å². The topological polar surface area (TPSA) is 79.5 Å². The molecular weight excluding hydrogens is 365 g/mol. The summed E-state index contributed by atoms with van der Waals surface area (Å²) in [5.74, 6) is 0.841. The third-order valence-corrected chi connectivity index (χ3v) is 5.45. The van der Waals surface area contributed by atoms with Crippen molar-refractivity contribution >= 4 is 47.2 Å². The van der Waals surface area contributed by atoms with E-state index in [4.69, 9.17) is 16.3 Å². The van der Waals surface area contributed by atoms with E-state index in [0.717, 1.165) is 12.8 Å². The summed E-state index contributed by atoms with van der Waals surface area (Å²) in [4.78, 5) is 23.9. The van der Waals surface area contributed by atoms with Gasteiger partial charge in [0.1, 0.15) is 5.75 Å². The van der Waals surface area contributed by atoms with Crippen LogP contribution < -0.4 is 20.7 Å². The third-order valence-electron chi connectivity index (χ3n) is 5.14. The highest BCUT2D eigenvalue weighted by Crippen LogP contribution is 2.37. The second kappa shape index (κ2) is 7.40. The van der Waals surface area contributed by atoms with Crippen molar-refractivity contribution in [3.05, 3.63) is 17.2 Å². The third kappa shape index (κ3) is 3.71. The van der Waals surface area contributed by atoms with E-state index < -0.39 is 0 Å². The van der Waals surface area contributed by atoms with Gasteiger partial charge >= 0.3 is 0 Å². The summed E-state index contributed by atoms with van der Waals surface area (Å²) in [6.45, 7) is -0.0322. The molecule has 0 aromatic heterocycles. The molecule has 3 unspecified atom stereocenters. The first-order valence-electron chi connectivity index (χ1n) is 8.43. The zero-order chi connectivity index (χ0) is 16.7. The van der Waals surface area contributed by atoms with Gasteiger partial charge in [-0.05, 0) is 31.2 Å². The first-order valence-corrected chi connectivity index (χ1v) is 8.81. The van der Waals surface area contributed by atoms with Crippen LogP contribution in [0.25, 0.3) is 0 Å². The summed E-state index contributed by atoms with van der Waals surface area (Å²) in [7, 11) is 0. The lowest BCUT2D eigenvalue weighted by Gasteiger charge is -2.24. The van der Waals surface area contributed by atoms with Crippen molar-refractivity contribution in [1.82, 2.24) is 5.32 Å². The number of fused-ring (bicyclic) bond motifs is 2. The number of anilines is 2. The Hall–Kier alpha value is -1.50. The number of hydrogen-bond donors (Lipinski definition) is 3. The second-order valence-electron chi connectivity index (χ2n) is 6.76. The zero-order valence-electron chi connectivity index (χ0n) is 13.6. The molecule has 136 valence electrons. The molecule has 1 aromatic rings. The summed E-state index contributed by atoms with van der Waals surface area (Å²) < 4.78 is 5.38. The fraction of sp³-hybridized carbons (Fsp3) is 0.529. The lowest BCUT2D eigenvalue weighted by molar-refractivity contribution is -0.119. The van der Waals surface area contributed by atoms with E-state index in [-0.39, 0.29) is 36.9 Å². The predicted molar refractivity (Wildman–Crippen MR) is 98.7 cm³/mol. The van der Waals surface area contributed by atoms with Crippen molar-refractivity contribution in [2.45, 2.75) is 44.2 Å². The minimum absolute atomic E-state index is 0. The van der Waals surface area contributed by atoms with E-state index in [1.807, 2.05) is 0 Å². The van der Waals surface area contributed by atoms with Crippen LogP contribution in [0.4, 0.5) is 11.4 Å². The Bertz CT molecular complexity index is 684. The van der Waals surface area contributed by atoms with Gasteiger partial charge in [-0.3, -0.25) is 9.59 Å². The second-order valence-corrected chi connectivity index (χ2v) is 7.17. The molecule has 0 radical (unpaired) electrons. The van der Waals surface area contributed by atoms with E-state index in [2.05, 4.69) is 16.0 Å². The maximum absolute atomic E-state index is 12.6. The van der Waals surface area contributed by atoms with Crippen molar-refractivity contribution < 1.29 is 14.3 Å². The number of carbonyl (C=O) groups is 2. The highest BCUT2D eigenvalue weighted by atomic mass is 35.5. The van der Waals surface area contributed by atoms with Gasteiger partial charge in [0.25, 0.3) is 5.91 Å². The minimum atomic E-state index is -0.215. The molecule has 1 saturated heterocycles. The van der Waals surface area contributed by atoms with Gasteiger partial charge in [-0.1, -0.05) is 24.4 Å². The number of benzene rings is 1. The molecule has 8 heteroatoms. The number of carbonyl (C=O) groups excluding carboxylic acids is 2. The van der Waals surface area contributed by atoms with Crippen LogP contribution in [0.2, 0.25) is 5.02 Å². The Kier molecular flexibility index (Phi) is 5.41. The van der Waals surface area contributed by atoms with Crippen LogP contribution in [0.15, 0.2) is 12.1 Å². The standard InChI is InChI=1S/C17H20ClN3O3.ClH/c18-10-6-13-15(24-8-16(22)20-13)7-12(10)21-17(23)14-5-9-3-1-2-4-11(9)19-14;/h6-7,9,11,14,19H,1-5,8H2,(H,20,22)(H,21,23);1H. The van der Waals surface area contributed by atoms with Crippen LogP contribution in [-0.2, 0) is 9.59 Å². The van der Waals surface area contributed by atoms with Gasteiger partial charge in [-0.25, -0.2) is 0 Å². The van der Waals surface area contributed by atoms with Crippen LogP contribution in [-0.4, -0.2) is 30.5 Å². The molecule has 0 spiro atoms. The molecule has 4 rings (SSSR count). The Morgan fingerprint density at radius 1 is 1.28 bits per heavy atom. The normalized spacial score (nSPS) is 27.2. The molecular formula is C17H21Cl2N3O3. The lowest BCUT2D eigenvalue weighted by Crippen LogP contribution is -2.40. The van der Waals surface area contributed by atoms with Crippen molar-refractivity contribution in [2.24, 2.45) is 5.92 Å². The van der Waals surface area contributed by atoms with E-state index in [1.165, 1.54) is 19.3 Å². The van der Waals surface area contributed by atoms with Crippen molar-refractivity contribution in [3.8, 4) is 5.75 Å². The van der Waals surface area contributed by atoms with Gasteiger partial charge in [-0.15, -0.1) is 12.4 Å². The van der Waals surface area contributed by atoms with Crippen LogP contribution in [0, 0.1) is 5.92 Å². The summed E-state index contributed by atoms with van der Waals surface area (Å²) in [5, 5.41) is 9.43. The van der Waals surface area contributed by atoms with Crippen LogP contribution in [0.5, 0.6) is 5.75 Å². The smallest absolute Gasteiger partial charge is 0.262 e. The van der Waals surface area contributed by atoms with E-state index >= 15 is 0 Å². The number of amides is 2. The summed E-state index contributed by atoms with van der Waals surface area (Å²) >= 11 is 6.24. The quantitative estimate of drug-likeness (QED) is 0.730. The summed E-state index contributed by atoms with van der Waals surface area (Å²) in [5.41, 5.74) is 1.03. The monoisotopic (exact) mass is 385 g/mol. The van der Waals surface area contributed by atoms with Crippen LogP contribution in [0.1, 0.15) is 32.1 Å². The highest BCUT2D eigenvalue weighted by Gasteiger charge is 2.38. The molecule has 2 aliphatic heterocycles. The van der Waals surface area contributed by atoms with Gasteiger partial charge in [0, 0.05) is 12.1 Å².